The first-order valence-corrected chi connectivity index (χ1v) is 8.78. The van der Waals surface area contributed by atoms with Gasteiger partial charge < -0.3 is 36.8 Å². The number of carbonyl (C=O) groups excluding carboxylic acids is 2. The number of amides is 2. The van der Waals surface area contributed by atoms with E-state index in [1.165, 1.54) is 31.2 Å². The van der Waals surface area contributed by atoms with E-state index in [0.29, 0.717) is 5.56 Å². The number of aromatic hydroxyl groups is 1. The molecule has 1 aromatic carbocycles. The Bertz CT molecular complexity index is 735. The molecular formula is C18H25N3O8. The van der Waals surface area contributed by atoms with Crippen LogP contribution in [-0.2, 0) is 25.6 Å². The highest BCUT2D eigenvalue weighted by Crippen LogP contribution is 2.12. The number of phenols is 1. The summed E-state index contributed by atoms with van der Waals surface area (Å²) in [5.41, 5.74) is 6.20. The van der Waals surface area contributed by atoms with Gasteiger partial charge in [0.25, 0.3) is 0 Å². The summed E-state index contributed by atoms with van der Waals surface area (Å²) < 4.78 is 0. The number of benzene rings is 1. The van der Waals surface area contributed by atoms with E-state index < -0.39 is 48.0 Å². The lowest BCUT2D eigenvalue weighted by Gasteiger charge is -2.24. The fourth-order valence-corrected chi connectivity index (χ4v) is 2.41. The van der Waals surface area contributed by atoms with E-state index in [2.05, 4.69) is 10.6 Å². The van der Waals surface area contributed by atoms with Gasteiger partial charge in [-0.25, -0.2) is 4.79 Å². The average Bonchev–Trinajstić information content (AvgIpc) is 2.64. The fourth-order valence-electron chi connectivity index (χ4n) is 2.41. The zero-order chi connectivity index (χ0) is 22.1. The lowest BCUT2D eigenvalue weighted by molar-refractivity contribution is -0.145. The van der Waals surface area contributed by atoms with Crippen LogP contribution in [0, 0.1) is 0 Å². The minimum absolute atomic E-state index is 0.00507. The van der Waals surface area contributed by atoms with Gasteiger partial charge in [-0.2, -0.15) is 0 Å². The van der Waals surface area contributed by atoms with E-state index in [1.54, 1.807) is 0 Å². The molecule has 0 fully saturated rings. The van der Waals surface area contributed by atoms with Crippen molar-refractivity contribution in [2.24, 2.45) is 5.73 Å². The third-order valence-electron chi connectivity index (χ3n) is 4.06. The highest BCUT2D eigenvalue weighted by atomic mass is 16.4. The van der Waals surface area contributed by atoms with Crippen molar-refractivity contribution in [3.8, 4) is 5.75 Å². The van der Waals surface area contributed by atoms with Gasteiger partial charge in [-0.05, 0) is 31.0 Å². The predicted molar refractivity (Wildman–Crippen MR) is 99.8 cm³/mol. The highest BCUT2D eigenvalue weighted by Gasteiger charge is 2.30. The van der Waals surface area contributed by atoms with Crippen molar-refractivity contribution in [3.63, 3.8) is 0 Å². The molecule has 11 heteroatoms. The van der Waals surface area contributed by atoms with Gasteiger partial charge in [0.15, 0.2) is 6.04 Å². The molecule has 4 atom stereocenters. The van der Waals surface area contributed by atoms with Crippen LogP contribution in [-0.4, -0.2) is 68.4 Å². The second kappa shape index (κ2) is 11.0. The largest absolute Gasteiger partial charge is 0.508 e. The van der Waals surface area contributed by atoms with Gasteiger partial charge in [0, 0.05) is 12.8 Å². The van der Waals surface area contributed by atoms with Crippen LogP contribution in [0.4, 0.5) is 0 Å². The number of rotatable bonds is 11. The minimum Gasteiger partial charge on any atom is -0.508 e. The number of hydrogen-bond acceptors (Lipinski definition) is 7. The molecule has 8 N–H and O–H groups in total. The van der Waals surface area contributed by atoms with Gasteiger partial charge in [-0.1, -0.05) is 12.1 Å². The summed E-state index contributed by atoms with van der Waals surface area (Å²) in [7, 11) is 0. The van der Waals surface area contributed by atoms with Crippen molar-refractivity contribution >= 4 is 23.8 Å². The monoisotopic (exact) mass is 411 g/mol. The molecule has 0 saturated heterocycles. The predicted octanol–water partition coefficient (Wildman–Crippen LogP) is -1.44. The van der Waals surface area contributed by atoms with E-state index in [9.17, 15) is 29.4 Å². The van der Waals surface area contributed by atoms with E-state index in [1.807, 2.05) is 0 Å². The lowest BCUT2D eigenvalue weighted by Crippen LogP contribution is -2.57. The van der Waals surface area contributed by atoms with E-state index in [0.717, 1.165) is 0 Å². The summed E-state index contributed by atoms with van der Waals surface area (Å²) in [5, 5.41) is 41.2. The second-order valence-electron chi connectivity index (χ2n) is 6.54. The first-order chi connectivity index (χ1) is 13.5. The lowest BCUT2D eigenvalue weighted by atomic mass is 10.0. The van der Waals surface area contributed by atoms with Crippen LogP contribution in [0.1, 0.15) is 25.3 Å². The normalized spacial score (nSPS) is 14.9. The van der Waals surface area contributed by atoms with Crippen LogP contribution in [0.25, 0.3) is 0 Å². The first-order valence-electron chi connectivity index (χ1n) is 8.78. The van der Waals surface area contributed by atoms with E-state index in [4.69, 9.17) is 15.9 Å². The number of phenolic OH excluding ortho intramolecular Hbond substituents is 1. The van der Waals surface area contributed by atoms with Crippen molar-refractivity contribution in [1.82, 2.24) is 10.6 Å². The van der Waals surface area contributed by atoms with Gasteiger partial charge in [-0.3, -0.25) is 14.4 Å². The molecular weight excluding hydrogens is 386 g/mol. The molecule has 11 nitrogen and oxygen atoms in total. The first kappa shape index (κ1) is 23.9. The number of nitrogens with two attached hydrogens (primary N) is 1. The maximum absolute atomic E-state index is 12.6. The Kier molecular flexibility index (Phi) is 9.03. The average molecular weight is 411 g/mol. The summed E-state index contributed by atoms with van der Waals surface area (Å²) in [5.74, 6) is -4.25. The van der Waals surface area contributed by atoms with Crippen molar-refractivity contribution in [2.75, 3.05) is 0 Å². The molecule has 0 aliphatic rings. The fraction of sp³-hybridized carbons (Fsp3) is 0.444. The van der Waals surface area contributed by atoms with E-state index in [-0.39, 0.29) is 25.0 Å². The summed E-state index contributed by atoms with van der Waals surface area (Å²) in [6.45, 7) is 1.19. The molecule has 0 saturated carbocycles. The quantitative estimate of drug-likeness (QED) is 0.228. The number of aliphatic carboxylic acids is 2. The second-order valence-corrected chi connectivity index (χ2v) is 6.54. The molecule has 0 aliphatic carbocycles. The molecule has 0 aliphatic heterocycles. The molecule has 160 valence electrons. The topological polar surface area (TPSA) is 199 Å². The number of nitrogens with one attached hydrogen (secondary N) is 2. The van der Waals surface area contributed by atoms with Gasteiger partial charge in [-0.15, -0.1) is 0 Å². The van der Waals surface area contributed by atoms with Crippen LogP contribution in [0.15, 0.2) is 24.3 Å². The van der Waals surface area contributed by atoms with Gasteiger partial charge in [0.2, 0.25) is 11.8 Å². The van der Waals surface area contributed by atoms with Crippen LogP contribution in [0.3, 0.4) is 0 Å². The van der Waals surface area contributed by atoms with Gasteiger partial charge in [0.05, 0.1) is 12.1 Å². The summed E-state index contributed by atoms with van der Waals surface area (Å²) >= 11 is 0. The standard InChI is InChI=1S/C18H25N3O8/c1-9(22)15(18(28)29)21-17(27)13(8-10-2-4-11(23)5-3-10)20-16(26)12(19)6-7-14(24)25/h2-5,9,12-13,15,22-23H,6-8,19H2,1H3,(H,20,26)(H,21,27)(H,24,25)(H,28,29)/t9-,12+,13+,15+/m1/s1. The molecule has 0 aromatic heterocycles. The Labute approximate surface area is 166 Å². The van der Waals surface area contributed by atoms with Crippen LogP contribution >= 0.6 is 0 Å². The molecule has 2 amide bonds. The maximum Gasteiger partial charge on any atom is 0.328 e. The molecule has 0 spiro atoms. The zero-order valence-corrected chi connectivity index (χ0v) is 15.7. The molecule has 0 bridgehead atoms. The van der Waals surface area contributed by atoms with Crippen molar-refractivity contribution < 1.29 is 39.6 Å². The number of hydrogen-bond donors (Lipinski definition) is 7. The van der Waals surface area contributed by atoms with E-state index >= 15 is 0 Å². The Morgan fingerprint density at radius 3 is 2.10 bits per heavy atom. The summed E-state index contributed by atoms with van der Waals surface area (Å²) in [4.78, 5) is 46.7. The van der Waals surface area contributed by atoms with Crippen molar-refractivity contribution in [1.29, 1.82) is 0 Å². The number of carboxylic acid groups (broad SMARTS) is 2. The van der Waals surface area contributed by atoms with Crippen molar-refractivity contribution in [2.45, 2.75) is 50.4 Å². The number of carboxylic acids is 2. The van der Waals surface area contributed by atoms with Gasteiger partial charge in [0.1, 0.15) is 11.8 Å². The zero-order valence-electron chi connectivity index (χ0n) is 15.7. The number of aliphatic hydroxyl groups is 1. The number of carbonyl (C=O) groups is 4. The molecule has 1 rings (SSSR count). The Morgan fingerprint density at radius 2 is 1.62 bits per heavy atom. The Morgan fingerprint density at radius 1 is 1.03 bits per heavy atom. The minimum atomic E-state index is -1.59. The Hall–Kier alpha value is -3.18. The summed E-state index contributed by atoms with van der Waals surface area (Å²) in [6, 6.07) is 1.74. The maximum atomic E-state index is 12.6. The Balaban J connectivity index is 2.96. The third kappa shape index (κ3) is 8.15. The molecule has 1 aromatic rings. The number of aliphatic hydroxyl groups excluding tert-OH is 1. The third-order valence-corrected chi connectivity index (χ3v) is 4.06. The molecule has 0 unspecified atom stereocenters. The van der Waals surface area contributed by atoms with Crippen LogP contribution in [0.2, 0.25) is 0 Å². The summed E-state index contributed by atoms with van der Waals surface area (Å²) in [6.07, 6.45) is -1.94. The van der Waals surface area contributed by atoms with Crippen LogP contribution < -0.4 is 16.4 Å². The smallest absolute Gasteiger partial charge is 0.328 e. The highest BCUT2D eigenvalue weighted by molar-refractivity contribution is 5.92. The van der Waals surface area contributed by atoms with Crippen molar-refractivity contribution in [3.05, 3.63) is 29.8 Å². The molecule has 0 heterocycles. The van der Waals surface area contributed by atoms with Crippen LogP contribution in [0.5, 0.6) is 5.75 Å². The molecule has 0 radical (unpaired) electrons. The molecule has 29 heavy (non-hydrogen) atoms. The SMILES string of the molecule is C[C@@H](O)[C@H](NC(=O)[C@H](Cc1ccc(O)cc1)NC(=O)[C@@H](N)CCC(=O)O)C(=O)O. The van der Waals surface area contributed by atoms with Gasteiger partial charge >= 0.3 is 11.9 Å².